The fourth-order valence-electron chi connectivity index (χ4n) is 2.31. The van der Waals surface area contributed by atoms with Gasteiger partial charge in [-0.15, -0.1) is 0 Å². The molecule has 0 radical (unpaired) electrons. The van der Waals surface area contributed by atoms with Crippen LogP contribution in [0.15, 0.2) is 24.3 Å². The first-order valence-corrected chi connectivity index (χ1v) is 6.94. The first kappa shape index (κ1) is 14.4. The Morgan fingerprint density at radius 1 is 1.32 bits per heavy atom. The molecule has 1 aromatic rings. The van der Waals surface area contributed by atoms with E-state index in [9.17, 15) is 4.39 Å². The molecule has 1 unspecified atom stereocenters. The molecule has 19 heavy (non-hydrogen) atoms. The summed E-state index contributed by atoms with van der Waals surface area (Å²) < 4.78 is 18.0. The van der Waals surface area contributed by atoms with E-state index in [4.69, 9.17) is 10.5 Å². The van der Waals surface area contributed by atoms with E-state index in [0.717, 1.165) is 37.7 Å². The number of nitrogens with zero attached hydrogens (tertiary/aromatic N) is 1. The maximum Gasteiger partial charge on any atom is 0.123 e. The molecule has 0 aromatic heterocycles. The third-order valence-electron chi connectivity index (χ3n) is 3.67. The molecule has 1 fully saturated rings. The molecule has 1 aliphatic rings. The Labute approximate surface area is 114 Å². The Morgan fingerprint density at radius 3 is 2.58 bits per heavy atom. The minimum Gasteiger partial charge on any atom is -0.383 e. The summed E-state index contributed by atoms with van der Waals surface area (Å²) in [6.45, 7) is 2.71. The van der Waals surface area contributed by atoms with Crippen LogP contribution in [-0.2, 0) is 4.74 Å². The second-order valence-electron chi connectivity index (χ2n) is 5.21. The van der Waals surface area contributed by atoms with Crippen LogP contribution in [0.1, 0.15) is 30.9 Å². The van der Waals surface area contributed by atoms with Crippen molar-refractivity contribution in [3.05, 3.63) is 35.6 Å². The molecule has 2 rings (SSSR count). The number of halogens is 1. The van der Waals surface area contributed by atoms with Gasteiger partial charge < -0.3 is 10.5 Å². The number of nitrogens with two attached hydrogens (primary N) is 1. The molecule has 1 atom stereocenters. The van der Waals surface area contributed by atoms with Crippen molar-refractivity contribution in [3.8, 4) is 0 Å². The lowest BCUT2D eigenvalue weighted by Crippen LogP contribution is -2.32. The SMILES string of the molecule is COCCN(CCC(N)c1ccc(F)cc1)C1CC1. The molecule has 0 saturated heterocycles. The molecule has 106 valence electrons. The quantitative estimate of drug-likeness (QED) is 0.785. The van der Waals surface area contributed by atoms with Crippen molar-refractivity contribution in [2.24, 2.45) is 5.73 Å². The fourth-order valence-corrected chi connectivity index (χ4v) is 2.31. The molecule has 3 nitrogen and oxygen atoms in total. The van der Waals surface area contributed by atoms with Crippen LogP contribution in [0.4, 0.5) is 4.39 Å². The number of benzene rings is 1. The molecule has 0 amide bonds. The lowest BCUT2D eigenvalue weighted by atomic mass is 10.0. The number of methoxy groups -OCH3 is 1. The van der Waals surface area contributed by atoms with E-state index in [-0.39, 0.29) is 11.9 Å². The van der Waals surface area contributed by atoms with Crippen molar-refractivity contribution in [1.29, 1.82) is 0 Å². The molecule has 1 aromatic carbocycles. The van der Waals surface area contributed by atoms with Gasteiger partial charge in [0, 0.05) is 32.3 Å². The van der Waals surface area contributed by atoms with Crippen molar-refractivity contribution >= 4 is 0 Å². The summed E-state index contributed by atoms with van der Waals surface area (Å²) in [5, 5.41) is 0. The van der Waals surface area contributed by atoms with Crippen molar-refractivity contribution in [1.82, 2.24) is 4.90 Å². The summed E-state index contributed by atoms with van der Waals surface area (Å²) in [7, 11) is 1.73. The first-order valence-electron chi connectivity index (χ1n) is 6.94. The molecule has 2 N–H and O–H groups in total. The van der Waals surface area contributed by atoms with Crippen LogP contribution in [0.25, 0.3) is 0 Å². The van der Waals surface area contributed by atoms with Gasteiger partial charge in [-0.25, -0.2) is 4.39 Å². The van der Waals surface area contributed by atoms with E-state index >= 15 is 0 Å². The van der Waals surface area contributed by atoms with Crippen molar-refractivity contribution in [2.75, 3.05) is 26.8 Å². The zero-order chi connectivity index (χ0) is 13.7. The third kappa shape index (κ3) is 4.56. The second kappa shape index (κ2) is 6.98. The number of ether oxygens (including phenoxy) is 1. The van der Waals surface area contributed by atoms with Crippen LogP contribution >= 0.6 is 0 Å². The zero-order valence-electron chi connectivity index (χ0n) is 11.5. The second-order valence-corrected chi connectivity index (χ2v) is 5.21. The lowest BCUT2D eigenvalue weighted by Gasteiger charge is -2.23. The average molecular weight is 266 g/mol. The van der Waals surface area contributed by atoms with Gasteiger partial charge in [0.25, 0.3) is 0 Å². The van der Waals surface area contributed by atoms with Gasteiger partial charge in [0.1, 0.15) is 5.82 Å². The maximum atomic E-state index is 12.9. The zero-order valence-corrected chi connectivity index (χ0v) is 11.5. The smallest absolute Gasteiger partial charge is 0.123 e. The molecule has 4 heteroatoms. The topological polar surface area (TPSA) is 38.5 Å². The van der Waals surface area contributed by atoms with Crippen molar-refractivity contribution in [3.63, 3.8) is 0 Å². The van der Waals surface area contributed by atoms with E-state index in [1.165, 1.54) is 25.0 Å². The van der Waals surface area contributed by atoms with Gasteiger partial charge in [-0.1, -0.05) is 12.1 Å². The van der Waals surface area contributed by atoms with Crippen LogP contribution in [0.2, 0.25) is 0 Å². The first-order chi connectivity index (χ1) is 9.20. The van der Waals surface area contributed by atoms with E-state index in [1.54, 1.807) is 19.2 Å². The Kier molecular flexibility index (Phi) is 5.31. The van der Waals surface area contributed by atoms with Gasteiger partial charge in [0.15, 0.2) is 0 Å². The predicted molar refractivity (Wildman–Crippen MR) is 74.4 cm³/mol. The Morgan fingerprint density at radius 2 is 2.00 bits per heavy atom. The summed E-state index contributed by atoms with van der Waals surface area (Å²) in [6.07, 6.45) is 3.47. The summed E-state index contributed by atoms with van der Waals surface area (Å²) in [6, 6.07) is 7.19. The number of hydrogen-bond donors (Lipinski definition) is 1. The predicted octanol–water partition coefficient (Wildman–Crippen LogP) is 2.33. The van der Waals surface area contributed by atoms with Gasteiger partial charge in [0.2, 0.25) is 0 Å². The van der Waals surface area contributed by atoms with E-state index in [0.29, 0.717) is 0 Å². The minimum atomic E-state index is -0.212. The highest BCUT2D eigenvalue weighted by atomic mass is 19.1. The van der Waals surface area contributed by atoms with Gasteiger partial charge >= 0.3 is 0 Å². The standard InChI is InChI=1S/C15H23FN2O/c1-19-11-10-18(14-6-7-14)9-8-15(17)12-2-4-13(16)5-3-12/h2-5,14-15H,6-11,17H2,1H3. The summed E-state index contributed by atoms with van der Waals surface area (Å²) in [5.74, 6) is -0.212. The van der Waals surface area contributed by atoms with E-state index < -0.39 is 0 Å². The third-order valence-corrected chi connectivity index (χ3v) is 3.67. The maximum absolute atomic E-state index is 12.9. The number of rotatable bonds is 8. The van der Waals surface area contributed by atoms with Crippen LogP contribution in [0.5, 0.6) is 0 Å². The fraction of sp³-hybridized carbons (Fsp3) is 0.600. The Hall–Kier alpha value is -0.970. The monoisotopic (exact) mass is 266 g/mol. The van der Waals surface area contributed by atoms with Crippen LogP contribution in [-0.4, -0.2) is 37.7 Å². The Bertz CT molecular complexity index is 378. The largest absolute Gasteiger partial charge is 0.383 e. The highest BCUT2D eigenvalue weighted by molar-refractivity contribution is 5.19. The minimum absolute atomic E-state index is 0.0237. The molecule has 0 heterocycles. The van der Waals surface area contributed by atoms with Gasteiger partial charge in [-0.3, -0.25) is 4.90 Å². The summed E-state index contributed by atoms with van der Waals surface area (Å²) in [5.41, 5.74) is 7.17. The van der Waals surface area contributed by atoms with Crippen LogP contribution < -0.4 is 5.73 Å². The van der Waals surface area contributed by atoms with Gasteiger partial charge in [-0.05, 0) is 37.0 Å². The van der Waals surface area contributed by atoms with E-state index in [1.807, 2.05) is 0 Å². The normalized spacial score (nSPS) is 16.8. The highest BCUT2D eigenvalue weighted by Gasteiger charge is 2.28. The van der Waals surface area contributed by atoms with Crippen molar-refractivity contribution < 1.29 is 9.13 Å². The van der Waals surface area contributed by atoms with Gasteiger partial charge in [0.05, 0.1) is 6.61 Å². The highest BCUT2D eigenvalue weighted by Crippen LogP contribution is 2.27. The molecule has 1 aliphatic carbocycles. The van der Waals surface area contributed by atoms with E-state index in [2.05, 4.69) is 4.90 Å². The summed E-state index contributed by atoms with van der Waals surface area (Å²) >= 11 is 0. The molecule has 1 saturated carbocycles. The average Bonchev–Trinajstić information content (AvgIpc) is 3.24. The van der Waals surface area contributed by atoms with Gasteiger partial charge in [-0.2, -0.15) is 0 Å². The Balaban J connectivity index is 1.80. The van der Waals surface area contributed by atoms with Crippen LogP contribution in [0, 0.1) is 5.82 Å². The summed E-state index contributed by atoms with van der Waals surface area (Å²) in [4.78, 5) is 2.45. The molecule has 0 aliphatic heterocycles. The molecular weight excluding hydrogens is 243 g/mol. The van der Waals surface area contributed by atoms with Crippen LogP contribution in [0.3, 0.4) is 0 Å². The molecular formula is C15H23FN2O. The lowest BCUT2D eigenvalue weighted by molar-refractivity contribution is 0.141. The number of hydrogen-bond acceptors (Lipinski definition) is 3. The molecule has 0 bridgehead atoms. The molecule has 0 spiro atoms. The van der Waals surface area contributed by atoms with Crippen molar-refractivity contribution in [2.45, 2.75) is 31.3 Å².